The molecule has 0 spiro atoms. The summed E-state index contributed by atoms with van der Waals surface area (Å²) in [5, 5.41) is 8.79. The Kier molecular flexibility index (Phi) is 11.4. The molecule has 0 aliphatic heterocycles. The molecule has 0 heterocycles. The maximum absolute atomic E-state index is 13.6. The van der Waals surface area contributed by atoms with Gasteiger partial charge in [-0.1, -0.05) is 89.9 Å². The number of benzene rings is 5. The molecule has 0 aliphatic carbocycles. The summed E-state index contributed by atoms with van der Waals surface area (Å²) in [5.74, 6) is -0.728. The predicted molar refractivity (Wildman–Crippen MR) is 190 cm³/mol. The van der Waals surface area contributed by atoms with E-state index >= 15 is 0 Å². The van der Waals surface area contributed by atoms with Gasteiger partial charge in [-0.2, -0.15) is 0 Å². The number of carbonyl (C=O) groups excluding carboxylic acids is 3. The molecule has 1 atom stereocenters. The zero-order valence-corrected chi connectivity index (χ0v) is 27.4. The summed E-state index contributed by atoms with van der Waals surface area (Å²) < 4.78 is 5.22. The van der Waals surface area contributed by atoms with Crippen molar-refractivity contribution in [3.8, 4) is 5.75 Å². The van der Waals surface area contributed by atoms with Gasteiger partial charge in [0.25, 0.3) is 11.8 Å². The largest absolute Gasteiger partial charge is 0.495 e. The van der Waals surface area contributed by atoms with E-state index in [0.717, 1.165) is 10.5 Å². The number of rotatable bonds is 11. The van der Waals surface area contributed by atoms with Gasteiger partial charge in [0.15, 0.2) is 0 Å². The fourth-order valence-corrected chi connectivity index (χ4v) is 6.08. The van der Waals surface area contributed by atoms with Crippen molar-refractivity contribution in [2.75, 3.05) is 17.7 Å². The third-order valence-electron chi connectivity index (χ3n) is 6.79. The molecule has 0 aliphatic rings. The van der Waals surface area contributed by atoms with Gasteiger partial charge in [0.05, 0.1) is 12.1 Å². The summed E-state index contributed by atoms with van der Waals surface area (Å²) in [6.45, 7) is 0. The first-order valence-corrected chi connectivity index (χ1v) is 16.0. The fraction of sp³-hybridized carbons (Fsp3) is 0.0541. The molecule has 0 fully saturated rings. The molecule has 236 valence electrons. The van der Waals surface area contributed by atoms with Crippen LogP contribution in [0.2, 0.25) is 10.0 Å². The second kappa shape index (κ2) is 16.0. The lowest BCUT2D eigenvalue weighted by molar-refractivity contribution is -0.116. The number of amides is 3. The van der Waals surface area contributed by atoms with Crippen LogP contribution in [0.25, 0.3) is 6.08 Å². The van der Waals surface area contributed by atoms with Crippen LogP contribution in [0, 0.1) is 0 Å². The molecule has 0 saturated heterocycles. The van der Waals surface area contributed by atoms with Gasteiger partial charge in [0, 0.05) is 26.9 Å². The summed E-state index contributed by atoms with van der Waals surface area (Å²) in [5.41, 5.74) is 2.85. The number of ether oxygens (including phenoxy) is 1. The van der Waals surface area contributed by atoms with E-state index in [2.05, 4.69) is 16.0 Å². The van der Waals surface area contributed by atoms with Gasteiger partial charge in [-0.05, 0) is 77.9 Å². The standard InChI is InChI=1S/C37H29Cl2N3O4S/c1-46-33-19-18-29(23-31(33)39)41-37(45)34(25-11-4-2-5-12-25)47-30-17-9-16-28(22-30)40-36(44)32(21-24-10-8-15-27(38)20-24)42-35(43)26-13-6-3-7-14-26/h2-23,34H,1H3,(H,40,44)(H,41,45)(H,42,43)/b32-21-. The van der Waals surface area contributed by atoms with Crippen molar-refractivity contribution in [2.24, 2.45) is 0 Å². The number of hydrogen-bond donors (Lipinski definition) is 3. The molecule has 47 heavy (non-hydrogen) atoms. The van der Waals surface area contributed by atoms with Crippen LogP contribution in [0.15, 0.2) is 138 Å². The smallest absolute Gasteiger partial charge is 0.272 e. The normalized spacial score (nSPS) is 11.7. The van der Waals surface area contributed by atoms with Crippen LogP contribution in [0.5, 0.6) is 5.75 Å². The fourth-order valence-electron chi connectivity index (χ4n) is 4.54. The van der Waals surface area contributed by atoms with Gasteiger partial charge in [0.2, 0.25) is 5.91 Å². The summed E-state index contributed by atoms with van der Waals surface area (Å²) in [4.78, 5) is 41.0. The summed E-state index contributed by atoms with van der Waals surface area (Å²) in [6.07, 6.45) is 1.56. The maximum atomic E-state index is 13.6. The third-order valence-corrected chi connectivity index (χ3v) is 8.57. The van der Waals surface area contributed by atoms with E-state index in [1.54, 1.807) is 97.1 Å². The monoisotopic (exact) mass is 681 g/mol. The first-order valence-electron chi connectivity index (χ1n) is 14.4. The van der Waals surface area contributed by atoms with Crippen LogP contribution >= 0.6 is 35.0 Å². The highest BCUT2D eigenvalue weighted by Gasteiger charge is 2.23. The summed E-state index contributed by atoms with van der Waals surface area (Å²) in [7, 11) is 1.52. The molecule has 3 amide bonds. The Morgan fingerprint density at radius 2 is 1.45 bits per heavy atom. The van der Waals surface area contributed by atoms with Crippen LogP contribution < -0.4 is 20.7 Å². The molecule has 1 unspecified atom stereocenters. The van der Waals surface area contributed by atoms with E-state index in [-0.39, 0.29) is 11.6 Å². The number of hydrogen-bond acceptors (Lipinski definition) is 5. The minimum Gasteiger partial charge on any atom is -0.495 e. The molecular formula is C37H29Cl2N3O4S. The molecule has 0 saturated carbocycles. The van der Waals surface area contributed by atoms with Crippen LogP contribution in [0.1, 0.15) is 26.7 Å². The van der Waals surface area contributed by atoms with Gasteiger partial charge in [-0.25, -0.2) is 0 Å². The highest BCUT2D eigenvalue weighted by atomic mass is 35.5. The summed E-state index contributed by atoms with van der Waals surface area (Å²) in [6, 6.07) is 37.1. The van der Waals surface area contributed by atoms with Crippen LogP contribution in [0.3, 0.4) is 0 Å². The first kappa shape index (κ1) is 33.3. The number of halogens is 2. The van der Waals surface area contributed by atoms with Crippen LogP contribution in [-0.4, -0.2) is 24.8 Å². The van der Waals surface area contributed by atoms with E-state index in [0.29, 0.717) is 38.3 Å². The molecule has 10 heteroatoms. The Morgan fingerprint density at radius 3 is 2.15 bits per heavy atom. The van der Waals surface area contributed by atoms with Gasteiger partial charge in [0.1, 0.15) is 16.7 Å². The number of thioether (sulfide) groups is 1. The number of anilines is 2. The molecule has 0 radical (unpaired) electrons. The van der Waals surface area contributed by atoms with E-state index in [1.807, 2.05) is 36.4 Å². The minimum atomic E-state index is -0.633. The minimum absolute atomic E-state index is 0.0267. The highest BCUT2D eigenvalue weighted by Crippen LogP contribution is 2.38. The van der Waals surface area contributed by atoms with Crippen LogP contribution in [0.4, 0.5) is 11.4 Å². The van der Waals surface area contributed by atoms with Crippen LogP contribution in [-0.2, 0) is 9.59 Å². The molecule has 5 aromatic rings. The van der Waals surface area contributed by atoms with Gasteiger partial charge >= 0.3 is 0 Å². The van der Waals surface area contributed by atoms with Crippen molar-refractivity contribution in [2.45, 2.75) is 10.1 Å². The summed E-state index contributed by atoms with van der Waals surface area (Å²) >= 11 is 13.8. The zero-order chi connectivity index (χ0) is 33.2. The topological polar surface area (TPSA) is 96.5 Å². The van der Waals surface area contributed by atoms with E-state index in [4.69, 9.17) is 27.9 Å². The van der Waals surface area contributed by atoms with Gasteiger partial charge in [-0.3, -0.25) is 14.4 Å². The van der Waals surface area contributed by atoms with Gasteiger partial charge in [-0.15, -0.1) is 11.8 Å². The number of carbonyl (C=O) groups is 3. The van der Waals surface area contributed by atoms with Gasteiger partial charge < -0.3 is 20.7 Å². The molecule has 7 nitrogen and oxygen atoms in total. The number of methoxy groups -OCH3 is 1. The Hall–Kier alpha value is -5.02. The quantitative estimate of drug-likeness (QED) is 0.0956. The van der Waals surface area contributed by atoms with Crippen molar-refractivity contribution >= 4 is 70.1 Å². The highest BCUT2D eigenvalue weighted by molar-refractivity contribution is 8.00. The Balaban J connectivity index is 1.37. The van der Waals surface area contributed by atoms with E-state index in [9.17, 15) is 14.4 Å². The molecular weight excluding hydrogens is 653 g/mol. The predicted octanol–water partition coefficient (Wildman–Crippen LogP) is 8.88. The third kappa shape index (κ3) is 9.26. The molecule has 0 bridgehead atoms. The lowest BCUT2D eigenvalue weighted by Gasteiger charge is -2.18. The average molecular weight is 683 g/mol. The Morgan fingerprint density at radius 1 is 0.745 bits per heavy atom. The molecule has 3 N–H and O–H groups in total. The van der Waals surface area contributed by atoms with E-state index < -0.39 is 17.1 Å². The zero-order valence-electron chi connectivity index (χ0n) is 25.1. The Labute approximate surface area is 287 Å². The van der Waals surface area contributed by atoms with Crippen molar-refractivity contribution in [3.05, 3.63) is 160 Å². The second-order valence-electron chi connectivity index (χ2n) is 10.2. The molecule has 0 aromatic heterocycles. The Bertz CT molecular complexity index is 1920. The lowest BCUT2D eigenvalue weighted by atomic mass is 10.1. The maximum Gasteiger partial charge on any atom is 0.272 e. The second-order valence-corrected chi connectivity index (χ2v) is 12.2. The first-order chi connectivity index (χ1) is 22.8. The van der Waals surface area contributed by atoms with Crippen molar-refractivity contribution in [3.63, 3.8) is 0 Å². The number of nitrogens with one attached hydrogen (secondary N) is 3. The molecule has 5 rings (SSSR count). The average Bonchev–Trinajstić information content (AvgIpc) is 3.08. The molecule has 5 aromatic carbocycles. The van der Waals surface area contributed by atoms with Crippen molar-refractivity contribution in [1.82, 2.24) is 5.32 Å². The SMILES string of the molecule is COc1ccc(NC(=O)C(Sc2cccc(NC(=O)/C(=C/c3cccc(Cl)c3)NC(=O)c3ccccc3)c2)c2ccccc2)cc1Cl. The lowest BCUT2D eigenvalue weighted by Crippen LogP contribution is -2.30. The van der Waals surface area contributed by atoms with E-state index in [1.165, 1.54) is 18.9 Å². The van der Waals surface area contributed by atoms with Crippen molar-refractivity contribution in [1.29, 1.82) is 0 Å². The van der Waals surface area contributed by atoms with Crippen molar-refractivity contribution < 1.29 is 19.1 Å².